The standard InChI is InChI=1S/C23H27N3O5/c1-29-21-13-18(3-5-20(21)31-15-22(24)27)23(28)26-9-7-25(8-10-26)14-16-2-4-19-17(12-16)6-11-30-19/h2-5,12-13H,6-11,14-15H2,1H3,(H2,24,27). The molecular weight excluding hydrogens is 398 g/mol. The minimum atomic E-state index is -0.576. The molecule has 2 aliphatic rings. The number of rotatable bonds is 7. The van der Waals surface area contributed by atoms with Crippen molar-refractivity contribution >= 4 is 11.8 Å². The van der Waals surface area contributed by atoms with Crippen molar-refractivity contribution in [1.29, 1.82) is 0 Å². The number of benzene rings is 2. The van der Waals surface area contributed by atoms with Gasteiger partial charge in [0.1, 0.15) is 5.75 Å². The second-order valence-electron chi connectivity index (χ2n) is 7.73. The van der Waals surface area contributed by atoms with E-state index in [2.05, 4.69) is 23.1 Å². The zero-order valence-electron chi connectivity index (χ0n) is 17.6. The molecule has 2 aromatic rings. The van der Waals surface area contributed by atoms with E-state index in [4.69, 9.17) is 19.9 Å². The number of carbonyl (C=O) groups excluding carboxylic acids is 2. The number of nitrogens with two attached hydrogens (primary N) is 1. The molecule has 31 heavy (non-hydrogen) atoms. The Balaban J connectivity index is 1.34. The van der Waals surface area contributed by atoms with Gasteiger partial charge in [-0.1, -0.05) is 12.1 Å². The molecule has 1 fully saturated rings. The van der Waals surface area contributed by atoms with Crippen LogP contribution in [0.3, 0.4) is 0 Å². The SMILES string of the molecule is COc1cc(C(=O)N2CCN(Cc3ccc4c(c3)CCO4)CC2)ccc1OCC(N)=O. The summed E-state index contributed by atoms with van der Waals surface area (Å²) in [6.45, 7) is 4.34. The fourth-order valence-corrected chi connectivity index (χ4v) is 3.96. The van der Waals surface area contributed by atoms with Crippen LogP contribution in [0.15, 0.2) is 36.4 Å². The van der Waals surface area contributed by atoms with E-state index in [9.17, 15) is 9.59 Å². The summed E-state index contributed by atoms with van der Waals surface area (Å²) < 4.78 is 16.2. The summed E-state index contributed by atoms with van der Waals surface area (Å²) in [6, 6.07) is 11.4. The van der Waals surface area contributed by atoms with Crippen LogP contribution in [-0.4, -0.2) is 68.1 Å². The van der Waals surface area contributed by atoms with E-state index >= 15 is 0 Å². The largest absolute Gasteiger partial charge is 0.493 e. The number of amides is 2. The molecule has 0 bridgehead atoms. The van der Waals surface area contributed by atoms with E-state index in [0.29, 0.717) is 30.2 Å². The minimum absolute atomic E-state index is 0.0471. The summed E-state index contributed by atoms with van der Waals surface area (Å²) in [4.78, 5) is 28.1. The molecule has 0 aromatic heterocycles. The first-order valence-electron chi connectivity index (χ1n) is 10.4. The van der Waals surface area contributed by atoms with Crippen molar-refractivity contribution in [3.63, 3.8) is 0 Å². The summed E-state index contributed by atoms with van der Waals surface area (Å²) in [5, 5.41) is 0. The molecule has 1 saturated heterocycles. The lowest BCUT2D eigenvalue weighted by Crippen LogP contribution is -2.48. The van der Waals surface area contributed by atoms with E-state index < -0.39 is 5.91 Å². The van der Waals surface area contributed by atoms with Crippen molar-refractivity contribution in [2.75, 3.05) is 46.5 Å². The number of methoxy groups -OCH3 is 1. The maximum atomic E-state index is 13.0. The molecule has 0 atom stereocenters. The van der Waals surface area contributed by atoms with Crippen LogP contribution in [0.5, 0.6) is 17.2 Å². The Kier molecular flexibility index (Phi) is 6.27. The molecule has 0 unspecified atom stereocenters. The second-order valence-corrected chi connectivity index (χ2v) is 7.73. The lowest BCUT2D eigenvalue weighted by molar-refractivity contribution is -0.119. The first-order valence-corrected chi connectivity index (χ1v) is 10.4. The zero-order chi connectivity index (χ0) is 21.8. The van der Waals surface area contributed by atoms with Crippen LogP contribution in [0, 0.1) is 0 Å². The summed E-state index contributed by atoms with van der Waals surface area (Å²) in [5.41, 5.74) is 8.20. The van der Waals surface area contributed by atoms with Crippen molar-refractivity contribution in [3.8, 4) is 17.2 Å². The Bertz CT molecular complexity index is 970. The van der Waals surface area contributed by atoms with Crippen LogP contribution >= 0.6 is 0 Å². The first kappa shape index (κ1) is 21.0. The molecule has 4 rings (SSSR count). The third-order valence-corrected chi connectivity index (χ3v) is 5.60. The van der Waals surface area contributed by atoms with Crippen LogP contribution in [0.1, 0.15) is 21.5 Å². The molecule has 8 heteroatoms. The Morgan fingerprint density at radius 1 is 1.06 bits per heavy atom. The third kappa shape index (κ3) is 4.91. The van der Waals surface area contributed by atoms with Gasteiger partial charge in [0.2, 0.25) is 0 Å². The molecule has 164 valence electrons. The van der Waals surface area contributed by atoms with Crippen molar-refractivity contribution < 1.29 is 23.8 Å². The van der Waals surface area contributed by atoms with Gasteiger partial charge in [-0.05, 0) is 35.4 Å². The molecule has 0 radical (unpaired) electrons. The average Bonchev–Trinajstić information content (AvgIpc) is 3.25. The van der Waals surface area contributed by atoms with Crippen LogP contribution in [-0.2, 0) is 17.8 Å². The van der Waals surface area contributed by atoms with Crippen LogP contribution in [0.2, 0.25) is 0 Å². The highest BCUT2D eigenvalue weighted by Gasteiger charge is 2.23. The fraction of sp³-hybridized carbons (Fsp3) is 0.391. The van der Waals surface area contributed by atoms with Crippen molar-refractivity contribution in [3.05, 3.63) is 53.1 Å². The van der Waals surface area contributed by atoms with E-state index in [0.717, 1.165) is 38.4 Å². The first-order chi connectivity index (χ1) is 15.0. The number of nitrogens with zero attached hydrogens (tertiary/aromatic N) is 2. The van der Waals surface area contributed by atoms with Gasteiger partial charge in [-0.3, -0.25) is 14.5 Å². The average molecular weight is 425 g/mol. The van der Waals surface area contributed by atoms with Crippen molar-refractivity contribution in [1.82, 2.24) is 9.80 Å². The summed E-state index contributed by atoms with van der Waals surface area (Å²) in [7, 11) is 1.49. The molecular formula is C23H27N3O5. The van der Waals surface area contributed by atoms with Gasteiger partial charge in [0, 0.05) is 44.7 Å². The monoisotopic (exact) mass is 425 g/mol. The normalized spacial score (nSPS) is 15.8. The van der Waals surface area contributed by atoms with E-state index in [1.54, 1.807) is 18.2 Å². The van der Waals surface area contributed by atoms with Crippen LogP contribution in [0.4, 0.5) is 0 Å². The number of hydrogen-bond acceptors (Lipinski definition) is 6. The van der Waals surface area contributed by atoms with E-state index in [-0.39, 0.29) is 12.5 Å². The molecule has 2 amide bonds. The van der Waals surface area contributed by atoms with Crippen LogP contribution in [0.25, 0.3) is 0 Å². The lowest BCUT2D eigenvalue weighted by Gasteiger charge is -2.35. The molecule has 2 N–H and O–H groups in total. The highest BCUT2D eigenvalue weighted by Crippen LogP contribution is 2.29. The predicted octanol–water partition coefficient (Wildman–Crippen LogP) is 1.45. The molecule has 0 aliphatic carbocycles. The molecule has 2 aromatic carbocycles. The Hall–Kier alpha value is -3.26. The maximum absolute atomic E-state index is 13.0. The summed E-state index contributed by atoms with van der Waals surface area (Å²) in [5.74, 6) is 1.15. The van der Waals surface area contributed by atoms with Gasteiger partial charge in [0.05, 0.1) is 13.7 Å². The van der Waals surface area contributed by atoms with Gasteiger partial charge >= 0.3 is 0 Å². The minimum Gasteiger partial charge on any atom is -0.493 e. The molecule has 2 aliphatic heterocycles. The summed E-state index contributed by atoms with van der Waals surface area (Å²) in [6.07, 6.45) is 0.973. The van der Waals surface area contributed by atoms with Gasteiger partial charge in [-0.25, -0.2) is 0 Å². The Labute approximate surface area is 181 Å². The molecule has 2 heterocycles. The van der Waals surface area contributed by atoms with Gasteiger partial charge in [-0.15, -0.1) is 0 Å². The van der Waals surface area contributed by atoms with Crippen molar-refractivity contribution in [2.24, 2.45) is 5.73 Å². The Morgan fingerprint density at radius 3 is 2.61 bits per heavy atom. The molecule has 0 spiro atoms. The maximum Gasteiger partial charge on any atom is 0.255 e. The van der Waals surface area contributed by atoms with Crippen LogP contribution < -0.4 is 19.9 Å². The third-order valence-electron chi connectivity index (χ3n) is 5.60. The number of hydrogen-bond donors (Lipinski definition) is 1. The molecule has 8 nitrogen and oxygen atoms in total. The number of primary amides is 1. The highest BCUT2D eigenvalue weighted by molar-refractivity contribution is 5.95. The number of piperazine rings is 1. The second kappa shape index (κ2) is 9.26. The van der Waals surface area contributed by atoms with Gasteiger partial charge in [0.25, 0.3) is 11.8 Å². The molecule has 0 saturated carbocycles. The Morgan fingerprint density at radius 2 is 1.87 bits per heavy atom. The van der Waals surface area contributed by atoms with Gasteiger partial charge in [-0.2, -0.15) is 0 Å². The predicted molar refractivity (Wildman–Crippen MR) is 115 cm³/mol. The quantitative estimate of drug-likeness (QED) is 0.722. The number of ether oxygens (including phenoxy) is 3. The zero-order valence-corrected chi connectivity index (χ0v) is 17.6. The van der Waals surface area contributed by atoms with E-state index in [1.165, 1.54) is 18.2 Å². The number of fused-ring (bicyclic) bond motifs is 1. The smallest absolute Gasteiger partial charge is 0.255 e. The highest BCUT2D eigenvalue weighted by atomic mass is 16.5. The van der Waals surface area contributed by atoms with E-state index in [1.807, 2.05) is 4.90 Å². The number of carbonyl (C=O) groups is 2. The van der Waals surface area contributed by atoms with Gasteiger partial charge in [0.15, 0.2) is 18.1 Å². The van der Waals surface area contributed by atoms with Crippen molar-refractivity contribution in [2.45, 2.75) is 13.0 Å². The topological polar surface area (TPSA) is 94.3 Å². The fourth-order valence-electron chi connectivity index (χ4n) is 3.96. The lowest BCUT2D eigenvalue weighted by atomic mass is 10.1. The summed E-state index contributed by atoms with van der Waals surface area (Å²) >= 11 is 0. The van der Waals surface area contributed by atoms with Gasteiger partial charge < -0.3 is 24.8 Å².